The molecule has 2 aromatic carbocycles. The van der Waals surface area contributed by atoms with Crippen molar-refractivity contribution in [1.82, 2.24) is 26.1 Å². The van der Waals surface area contributed by atoms with Crippen LogP contribution in [-0.4, -0.2) is 41.0 Å². The molecule has 0 fully saturated rings. The summed E-state index contributed by atoms with van der Waals surface area (Å²) < 4.78 is 5.22. The lowest BCUT2D eigenvalue weighted by Gasteiger charge is -2.20. The van der Waals surface area contributed by atoms with Crippen LogP contribution in [0.1, 0.15) is 36.3 Å². The Labute approximate surface area is 242 Å². The van der Waals surface area contributed by atoms with Crippen LogP contribution >= 0.6 is 11.3 Å². The monoisotopic (exact) mass is 572 g/mol. The van der Waals surface area contributed by atoms with E-state index in [2.05, 4.69) is 38.3 Å². The summed E-state index contributed by atoms with van der Waals surface area (Å²) in [4.78, 5) is 48.1. The standard InChI is InChI=1S/C30H32N6O4S/c1-20(2)17-25(33-30(39)40-18-21-13-15-31-16-14-21)27(37)34-35-28(38)26-19-41-29(32-26)36(3)24-11-9-23(10-12-24)22-7-5-4-6-8-22/h4-16,19-20,25H,17-18H2,1-3H3,(H,33,39)(H,34,37)(H,35,38)/t25-/m1/s1. The summed E-state index contributed by atoms with van der Waals surface area (Å²) in [6.07, 6.45) is 2.81. The van der Waals surface area contributed by atoms with Crippen molar-refractivity contribution in [3.63, 3.8) is 0 Å². The zero-order valence-corrected chi connectivity index (χ0v) is 23.9. The van der Waals surface area contributed by atoms with Crippen molar-refractivity contribution in [2.24, 2.45) is 5.92 Å². The lowest BCUT2D eigenvalue weighted by Crippen LogP contribution is -2.52. The number of nitrogens with one attached hydrogen (secondary N) is 3. The molecule has 2 aromatic heterocycles. The maximum Gasteiger partial charge on any atom is 0.408 e. The molecule has 3 amide bonds. The van der Waals surface area contributed by atoms with Crippen molar-refractivity contribution in [2.45, 2.75) is 32.9 Å². The van der Waals surface area contributed by atoms with Crippen LogP contribution < -0.4 is 21.1 Å². The third-order valence-corrected chi connectivity index (χ3v) is 7.02. The second kappa shape index (κ2) is 14.0. The smallest absolute Gasteiger partial charge is 0.408 e. The molecule has 0 saturated heterocycles. The van der Waals surface area contributed by atoms with Gasteiger partial charge in [0, 0.05) is 30.5 Å². The van der Waals surface area contributed by atoms with Crippen LogP contribution in [0.3, 0.4) is 0 Å². The second-order valence-corrected chi connectivity index (χ2v) is 10.5. The molecule has 212 valence electrons. The fourth-order valence-electron chi connectivity index (χ4n) is 3.93. The van der Waals surface area contributed by atoms with Crippen LogP contribution in [0.2, 0.25) is 0 Å². The van der Waals surface area contributed by atoms with E-state index in [1.54, 1.807) is 29.9 Å². The van der Waals surface area contributed by atoms with Gasteiger partial charge in [-0.25, -0.2) is 9.78 Å². The topological polar surface area (TPSA) is 126 Å². The normalized spacial score (nSPS) is 11.4. The van der Waals surface area contributed by atoms with E-state index in [-0.39, 0.29) is 18.2 Å². The molecule has 2 heterocycles. The van der Waals surface area contributed by atoms with Crippen molar-refractivity contribution in [1.29, 1.82) is 0 Å². The number of thiazole rings is 1. The molecule has 41 heavy (non-hydrogen) atoms. The SMILES string of the molecule is CC(C)C[C@@H](NC(=O)OCc1ccncc1)C(=O)NNC(=O)c1csc(N(C)c2ccc(-c3ccccc3)cc2)n1. The molecule has 0 aliphatic rings. The molecule has 3 N–H and O–H groups in total. The van der Waals surface area contributed by atoms with Gasteiger partial charge in [-0.3, -0.25) is 25.4 Å². The van der Waals surface area contributed by atoms with Crippen LogP contribution in [0.4, 0.5) is 15.6 Å². The van der Waals surface area contributed by atoms with Gasteiger partial charge in [0.15, 0.2) is 5.13 Å². The highest BCUT2D eigenvalue weighted by molar-refractivity contribution is 7.14. The lowest BCUT2D eigenvalue weighted by molar-refractivity contribution is -0.124. The minimum atomic E-state index is -0.906. The number of pyridine rings is 1. The fourth-order valence-corrected chi connectivity index (χ4v) is 4.72. The highest BCUT2D eigenvalue weighted by Crippen LogP contribution is 2.29. The third-order valence-electron chi connectivity index (χ3n) is 6.11. The Morgan fingerprint density at radius 3 is 2.29 bits per heavy atom. The highest BCUT2D eigenvalue weighted by atomic mass is 32.1. The predicted octanol–water partition coefficient (Wildman–Crippen LogP) is 5.08. The number of hydrogen-bond acceptors (Lipinski definition) is 8. The van der Waals surface area contributed by atoms with E-state index in [0.717, 1.165) is 22.4 Å². The largest absolute Gasteiger partial charge is 0.445 e. The number of alkyl carbamates (subject to hydrolysis) is 1. The quantitative estimate of drug-likeness (QED) is 0.227. The Hall–Kier alpha value is -4.77. The number of anilines is 2. The van der Waals surface area contributed by atoms with Crippen molar-refractivity contribution >= 4 is 40.1 Å². The zero-order chi connectivity index (χ0) is 29.2. The minimum absolute atomic E-state index is 0.0406. The van der Waals surface area contributed by atoms with Crippen molar-refractivity contribution in [3.05, 3.63) is 95.8 Å². The predicted molar refractivity (Wildman–Crippen MR) is 158 cm³/mol. The van der Waals surface area contributed by atoms with Crippen LogP contribution in [-0.2, 0) is 16.1 Å². The molecule has 11 heteroatoms. The molecular formula is C30H32N6O4S. The summed E-state index contributed by atoms with van der Waals surface area (Å²) in [5, 5.41) is 4.81. The van der Waals surface area contributed by atoms with Gasteiger partial charge in [-0.05, 0) is 53.3 Å². The summed E-state index contributed by atoms with van der Waals surface area (Å²) in [7, 11) is 1.87. The van der Waals surface area contributed by atoms with Gasteiger partial charge >= 0.3 is 6.09 Å². The van der Waals surface area contributed by atoms with E-state index in [9.17, 15) is 14.4 Å². The first-order valence-corrected chi connectivity index (χ1v) is 13.9. The number of nitrogens with zero attached hydrogens (tertiary/aromatic N) is 3. The first kappa shape index (κ1) is 29.2. The number of benzene rings is 2. The van der Waals surface area contributed by atoms with E-state index in [1.165, 1.54) is 11.3 Å². The summed E-state index contributed by atoms with van der Waals surface area (Å²) in [5.74, 6) is -1.04. The Balaban J connectivity index is 1.31. The molecule has 0 aliphatic heterocycles. The van der Waals surface area contributed by atoms with Gasteiger partial charge in [-0.2, -0.15) is 0 Å². The molecule has 0 aliphatic carbocycles. The second-order valence-electron chi connectivity index (χ2n) is 9.69. The minimum Gasteiger partial charge on any atom is -0.445 e. The molecule has 10 nitrogen and oxygen atoms in total. The molecule has 0 spiro atoms. The number of ether oxygens (including phenoxy) is 1. The van der Waals surface area contributed by atoms with Crippen LogP contribution in [0.5, 0.6) is 0 Å². The van der Waals surface area contributed by atoms with Gasteiger partial charge < -0.3 is 15.0 Å². The number of hydrazine groups is 1. The molecule has 1 atom stereocenters. The fraction of sp³-hybridized carbons (Fsp3) is 0.233. The van der Waals surface area contributed by atoms with Gasteiger partial charge in [0.1, 0.15) is 18.3 Å². The van der Waals surface area contributed by atoms with Crippen molar-refractivity contribution < 1.29 is 19.1 Å². The number of hydrogen-bond donors (Lipinski definition) is 3. The Morgan fingerprint density at radius 1 is 0.927 bits per heavy atom. The van der Waals surface area contributed by atoms with Gasteiger partial charge in [-0.15, -0.1) is 11.3 Å². The maximum absolute atomic E-state index is 12.8. The van der Waals surface area contributed by atoms with Gasteiger partial charge in [0.2, 0.25) is 0 Å². The Kier molecular flexibility index (Phi) is 10.0. The molecule has 4 aromatic rings. The van der Waals surface area contributed by atoms with Crippen LogP contribution in [0, 0.1) is 5.92 Å². The lowest BCUT2D eigenvalue weighted by atomic mass is 10.0. The average molecular weight is 573 g/mol. The van der Waals surface area contributed by atoms with Gasteiger partial charge in [0.05, 0.1) is 0 Å². The Bertz CT molecular complexity index is 1440. The number of amides is 3. The van der Waals surface area contributed by atoms with E-state index in [4.69, 9.17) is 4.74 Å². The van der Waals surface area contributed by atoms with Gasteiger partial charge in [0.25, 0.3) is 11.8 Å². The molecule has 0 saturated carbocycles. The van der Waals surface area contributed by atoms with Crippen LogP contribution in [0.25, 0.3) is 11.1 Å². The zero-order valence-electron chi connectivity index (χ0n) is 23.0. The van der Waals surface area contributed by atoms with E-state index >= 15 is 0 Å². The van der Waals surface area contributed by atoms with Gasteiger partial charge in [-0.1, -0.05) is 56.3 Å². The molecular weight excluding hydrogens is 540 g/mol. The number of rotatable bonds is 10. The van der Waals surface area contributed by atoms with E-state index in [1.807, 2.05) is 68.3 Å². The molecule has 0 bridgehead atoms. The summed E-state index contributed by atoms with van der Waals surface area (Å²) >= 11 is 1.31. The van der Waals surface area contributed by atoms with E-state index in [0.29, 0.717) is 11.6 Å². The summed E-state index contributed by atoms with van der Waals surface area (Å²) in [6.45, 7) is 3.88. The average Bonchev–Trinajstić information content (AvgIpc) is 3.49. The van der Waals surface area contributed by atoms with Crippen LogP contribution in [0.15, 0.2) is 84.5 Å². The Morgan fingerprint density at radius 2 is 1.61 bits per heavy atom. The molecule has 4 rings (SSSR count). The maximum atomic E-state index is 12.8. The first-order valence-electron chi connectivity index (χ1n) is 13.1. The van der Waals surface area contributed by atoms with Crippen molar-refractivity contribution in [3.8, 4) is 11.1 Å². The number of carbonyl (C=O) groups excluding carboxylic acids is 3. The summed E-state index contributed by atoms with van der Waals surface area (Å²) in [5.41, 5.74) is 8.85. The highest BCUT2D eigenvalue weighted by Gasteiger charge is 2.24. The first-order chi connectivity index (χ1) is 19.8. The number of carbonyl (C=O) groups is 3. The molecule has 0 radical (unpaired) electrons. The third kappa shape index (κ3) is 8.36. The van der Waals surface area contributed by atoms with Crippen molar-refractivity contribution in [2.75, 3.05) is 11.9 Å². The number of aromatic nitrogens is 2. The molecule has 0 unspecified atom stereocenters. The summed E-state index contributed by atoms with van der Waals surface area (Å²) in [6, 6.07) is 20.7. The van der Waals surface area contributed by atoms with E-state index < -0.39 is 23.9 Å².